The van der Waals surface area contributed by atoms with Gasteiger partial charge in [0.1, 0.15) is 12.6 Å². The summed E-state index contributed by atoms with van der Waals surface area (Å²) in [6.07, 6.45) is 5.61. The van der Waals surface area contributed by atoms with Gasteiger partial charge in [-0.3, -0.25) is 19.5 Å². The Morgan fingerprint density at radius 3 is 2.43 bits per heavy atom. The number of pyridine rings is 1. The van der Waals surface area contributed by atoms with Crippen LogP contribution in [0.3, 0.4) is 0 Å². The van der Waals surface area contributed by atoms with Crippen LogP contribution in [0.2, 0.25) is 5.02 Å². The number of nitrogens with one attached hydrogen (secondary N) is 1. The predicted octanol–water partition coefficient (Wildman–Crippen LogP) is 5.44. The second-order valence-electron chi connectivity index (χ2n) is 11.2. The smallest absolute Gasteiger partial charge is 0.251 e. The van der Waals surface area contributed by atoms with Gasteiger partial charge < -0.3 is 10.2 Å². The molecule has 6 rings (SSSR count). The van der Waals surface area contributed by atoms with Gasteiger partial charge in [-0.05, 0) is 72.1 Å². The Bertz CT molecular complexity index is 1770. The lowest BCUT2D eigenvalue weighted by molar-refractivity contribution is -0.127. The van der Waals surface area contributed by atoms with E-state index in [0.29, 0.717) is 22.1 Å². The second-order valence-corrected chi connectivity index (χ2v) is 11.6. The van der Waals surface area contributed by atoms with Crippen molar-refractivity contribution >= 4 is 45.7 Å². The summed E-state index contributed by atoms with van der Waals surface area (Å²) in [5, 5.41) is 17.4. The molecule has 11 heteroatoms. The molecule has 2 heterocycles. The lowest BCUT2D eigenvalue weighted by Gasteiger charge is -2.32. The number of rotatable bonds is 9. The van der Waals surface area contributed by atoms with Crippen LogP contribution in [0.25, 0.3) is 22.3 Å². The fourth-order valence-electron chi connectivity index (χ4n) is 5.57. The molecule has 0 spiro atoms. The largest absolute Gasteiger partial charge is 0.378 e. The number of hydrogen-bond donors (Lipinski definition) is 1. The maximum atomic E-state index is 14.3. The molecule has 1 N–H and O–H groups in total. The number of tetrazole rings is 1. The molecule has 2 aromatic heterocycles. The third kappa shape index (κ3) is 6.40. The van der Waals surface area contributed by atoms with Gasteiger partial charge in [0.05, 0.1) is 17.4 Å². The zero-order valence-corrected chi connectivity index (χ0v) is 25.4. The molecule has 44 heavy (non-hydrogen) atoms. The fourth-order valence-corrected chi connectivity index (χ4v) is 5.70. The van der Waals surface area contributed by atoms with Crippen molar-refractivity contribution in [3.63, 3.8) is 0 Å². The lowest BCUT2D eigenvalue weighted by Crippen LogP contribution is -2.47. The minimum atomic E-state index is -0.957. The summed E-state index contributed by atoms with van der Waals surface area (Å²) in [5.41, 5.74) is 3.67. The maximum absolute atomic E-state index is 14.3. The summed E-state index contributed by atoms with van der Waals surface area (Å²) in [7, 11) is 3.92. The van der Waals surface area contributed by atoms with E-state index in [2.05, 4.69) is 25.7 Å². The van der Waals surface area contributed by atoms with Crippen LogP contribution in [-0.2, 0) is 16.1 Å². The van der Waals surface area contributed by atoms with Crippen molar-refractivity contribution < 1.29 is 9.59 Å². The molecule has 1 fully saturated rings. The first-order valence-corrected chi connectivity index (χ1v) is 15.0. The molecule has 1 aliphatic rings. The third-order valence-corrected chi connectivity index (χ3v) is 8.14. The van der Waals surface area contributed by atoms with Crippen LogP contribution >= 0.6 is 11.6 Å². The van der Waals surface area contributed by atoms with Crippen molar-refractivity contribution in [1.29, 1.82) is 0 Å². The molecular formula is C33H33ClN8O2. The Morgan fingerprint density at radius 2 is 1.70 bits per heavy atom. The minimum Gasteiger partial charge on any atom is -0.378 e. The molecule has 1 aliphatic carbocycles. The van der Waals surface area contributed by atoms with Crippen LogP contribution in [0.5, 0.6) is 0 Å². The highest BCUT2D eigenvalue weighted by Gasteiger charge is 2.35. The summed E-state index contributed by atoms with van der Waals surface area (Å²) in [6.45, 7) is -0.240. The monoisotopic (exact) mass is 608 g/mol. The molecule has 0 radical (unpaired) electrons. The van der Waals surface area contributed by atoms with Crippen molar-refractivity contribution in [1.82, 2.24) is 30.5 Å². The average Bonchev–Trinajstić information content (AvgIpc) is 3.72. The molecule has 1 saturated carbocycles. The number of aromatic nitrogens is 5. The Hall–Kier alpha value is -4.83. The summed E-state index contributed by atoms with van der Waals surface area (Å²) >= 11 is 6.03. The zero-order chi connectivity index (χ0) is 30.6. The van der Waals surface area contributed by atoms with E-state index in [0.717, 1.165) is 47.8 Å². The maximum Gasteiger partial charge on any atom is 0.251 e. The highest BCUT2D eigenvalue weighted by Crippen LogP contribution is 2.32. The zero-order valence-electron chi connectivity index (χ0n) is 24.6. The Labute approximate surface area is 260 Å². The number of anilines is 2. The van der Waals surface area contributed by atoms with Gasteiger partial charge in [-0.25, -0.2) is 0 Å². The number of carbonyl (C=O) groups is 2. The first kappa shape index (κ1) is 29.3. The molecule has 10 nitrogen and oxygen atoms in total. The molecule has 1 atom stereocenters. The van der Waals surface area contributed by atoms with Crippen molar-refractivity contribution in [2.24, 2.45) is 0 Å². The van der Waals surface area contributed by atoms with E-state index in [1.807, 2.05) is 73.6 Å². The van der Waals surface area contributed by atoms with Crippen molar-refractivity contribution in [2.75, 3.05) is 23.9 Å². The molecular weight excluding hydrogens is 576 g/mol. The van der Waals surface area contributed by atoms with E-state index < -0.39 is 6.04 Å². The van der Waals surface area contributed by atoms with Crippen molar-refractivity contribution in [3.8, 4) is 11.4 Å². The second kappa shape index (κ2) is 12.8. The van der Waals surface area contributed by atoms with Crippen LogP contribution in [0.4, 0.5) is 11.4 Å². The summed E-state index contributed by atoms with van der Waals surface area (Å²) < 4.78 is 0. The number of benzene rings is 3. The quantitative estimate of drug-likeness (QED) is 0.237. The Balaban J connectivity index is 1.40. The van der Waals surface area contributed by atoms with Gasteiger partial charge in [0.15, 0.2) is 0 Å². The van der Waals surface area contributed by atoms with E-state index in [1.54, 1.807) is 30.5 Å². The molecule has 0 aliphatic heterocycles. The molecule has 0 bridgehead atoms. The molecule has 3 aromatic carbocycles. The molecule has 0 saturated heterocycles. The van der Waals surface area contributed by atoms with Crippen molar-refractivity contribution in [2.45, 2.75) is 44.3 Å². The van der Waals surface area contributed by atoms with Crippen LogP contribution < -0.4 is 15.1 Å². The van der Waals surface area contributed by atoms with Gasteiger partial charge in [0.25, 0.3) is 5.91 Å². The Kier molecular flexibility index (Phi) is 8.51. The highest BCUT2D eigenvalue weighted by molar-refractivity contribution is 6.30. The van der Waals surface area contributed by atoms with E-state index in [-0.39, 0.29) is 24.4 Å². The topological polar surface area (TPSA) is 109 Å². The van der Waals surface area contributed by atoms with Crippen molar-refractivity contribution in [3.05, 3.63) is 95.6 Å². The number of fused-ring (bicyclic) bond motifs is 1. The molecule has 224 valence electrons. The molecule has 5 aromatic rings. The van der Waals surface area contributed by atoms with Crippen LogP contribution in [0.15, 0.2) is 85.1 Å². The summed E-state index contributed by atoms with van der Waals surface area (Å²) in [6, 6.07) is 23.4. The van der Waals surface area contributed by atoms with Crippen LogP contribution in [0, 0.1) is 0 Å². The fraction of sp³-hybridized carbons (Fsp3) is 0.273. The average molecular weight is 609 g/mol. The number of halogens is 1. The molecule has 1 unspecified atom stereocenters. The lowest BCUT2D eigenvalue weighted by atomic mass is 10.0. The van der Waals surface area contributed by atoms with Gasteiger partial charge >= 0.3 is 0 Å². The highest BCUT2D eigenvalue weighted by atomic mass is 35.5. The van der Waals surface area contributed by atoms with E-state index in [9.17, 15) is 9.59 Å². The SMILES string of the molecule is CN(C)c1ccc(C(C(=O)NC2CCCC2)N(C(=O)Cn2nnc(-c3ccc(Cl)cc3)n2)c2cnc3ccccc3c2)cc1. The normalized spacial score (nSPS) is 14.0. The number of para-hydroxylation sites is 1. The Morgan fingerprint density at radius 1 is 0.977 bits per heavy atom. The summed E-state index contributed by atoms with van der Waals surface area (Å²) in [4.78, 5) is 37.9. The summed E-state index contributed by atoms with van der Waals surface area (Å²) in [5.74, 6) is -0.266. The first-order valence-electron chi connectivity index (χ1n) is 14.6. The van der Waals surface area contributed by atoms with Crippen LogP contribution in [-0.4, -0.2) is 57.1 Å². The third-order valence-electron chi connectivity index (χ3n) is 7.89. The minimum absolute atomic E-state index is 0.0663. The number of hydrogen-bond acceptors (Lipinski definition) is 7. The van der Waals surface area contributed by atoms with Gasteiger partial charge in [0.2, 0.25) is 11.7 Å². The van der Waals surface area contributed by atoms with Gasteiger partial charge in [-0.1, -0.05) is 54.8 Å². The van der Waals surface area contributed by atoms with Gasteiger partial charge in [-0.2, -0.15) is 4.80 Å². The van der Waals surface area contributed by atoms with Gasteiger partial charge in [0, 0.05) is 41.8 Å². The van der Waals surface area contributed by atoms with E-state index >= 15 is 0 Å². The first-order chi connectivity index (χ1) is 21.4. The number of carbonyl (C=O) groups excluding carboxylic acids is 2. The van der Waals surface area contributed by atoms with E-state index in [4.69, 9.17) is 11.6 Å². The molecule has 2 amide bonds. The van der Waals surface area contributed by atoms with Gasteiger partial charge in [-0.15, -0.1) is 10.2 Å². The van der Waals surface area contributed by atoms with E-state index in [1.165, 1.54) is 9.70 Å². The predicted molar refractivity (Wildman–Crippen MR) is 171 cm³/mol. The van der Waals surface area contributed by atoms with Crippen LogP contribution in [0.1, 0.15) is 37.3 Å². The standard InChI is InChI=1S/C33H33ClN8O2/c1-40(2)27-17-13-22(14-18-27)31(33(44)36-26-8-4-5-9-26)42(28-19-24-7-3-6-10-29(24)35-20-28)30(43)21-41-38-32(37-39-41)23-11-15-25(34)16-12-23/h3,6-7,10-20,26,31H,4-5,8-9,21H2,1-2H3,(H,36,44). The number of amides is 2. The number of nitrogens with zero attached hydrogens (tertiary/aromatic N) is 7.